The summed E-state index contributed by atoms with van der Waals surface area (Å²) >= 11 is 0. The topological polar surface area (TPSA) is 102 Å². The fourth-order valence-corrected chi connectivity index (χ4v) is 0.0365. The van der Waals surface area contributed by atoms with Crippen LogP contribution in [0.15, 0.2) is 5.16 Å². The van der Waals surface area contributed by atoms with Gasteiger partial charge in [-0.15, -0.1) is 0 Å². The van der Waals surface area contributed by atoms with Crippen molar-refractivity contribution in [3.63, 3.8) is 0 Å². The minimum Gasteiger partial charge on any atom is -0.390 e. The third kappa shape index (κ3) is 1.53. The molecule has 0 aliphatic heterocycles. The average molecular weight is 105 g/mol. The largest absolute Gasteiger partial charge is 0.463 e. The molecule has 3 N–H and O–H groups in total. The van der Waals surface area contributed by atoms with Gasteiger partial charge in [0.2, 0.25) is 0 Å². The molecule has 6 heteroatoms. The minimum absolute atomic E-state index is 1.000. The Bertz CT molecular complexity index is 107. The van der Waals surface area contributed by atoms with E-state index in [1.54, 1.807) is 0 Å². The van der Waals surface area contributed by atoms with Crippen LogP contribution in [-0.2, 0) is 0 Å². The molecule has 6 nitrogen and oxygen atoms in total. The SMILES string of the molecule is NC(=NO)[N+](=O)[O-]. The third-order valence-electron chi connectivity index (χ3n) is 0.290. The Kier molecular flexibility index (Phi) is 1.58. The smallest absolute Gasteiger partial charge is 0.390 e. The number of nitrogens with zero attached hydrogens (tertiary/aromatic N) is 2. The molecule has 40 valence electrons. The van der Waals surface area contributed by atoms with Crippen LogP contribution < -0.4 is 5.73 Å². The fourth-order valence-electron chi connectivity index (χ4n) is 0.0365. The van der Waals surface area contributed by atoms with Gasteiger partial charge < -0.3 is 15.3 Å². The van der Waals surface area contributed by atoms with E-state index in [9.17, 15) is 10.1 Å². The van der Waals surface area contributed by atoms with Crippen LogP contribution in [0.5, 0.6) is 0 Å². The van der Waals surface area contributed by atoms with Crippen molar-refractivity contribution < 1.29 is 10.1 Å². The van der Waals surface area contributed by atoms with Gasteiger partial charge in [-0.1, -0.05) is 0 Å². The molecule has 0 fully saturated rings. The maximum atomic E-state index is 9.32. The molecule has 0 aliphatic carbocycles. The zero-order chi connectivity index (χ0) is 5.86. The summed E-state index contributed by atoms with van der Waals surface area (Å²) in [6.45, 7) is 0. The Morgan fingerprint density at radius 3 is 2.43 bits per heavy atom. The van der Waals surface area contributed by atoms with E-state index in [4.69, 9.17) is 5.21 Å². The fraction of sp³-hybridized carbons (Fsp3) is 0. The maximum Gasteiger partial charge on any atom is 0.463 e. The molecule has 0 aliphatic rings. The molecule has 0 heterocycles. The summed E-state index contributed by atoms with van der Waals surface area (Å²) in [5.41, 5.74) is 4.42. The Morgan fingerprint density at radius 1 is 2.00 bits per heavy atom. The number of nitrogens with two attached hydrogens (primary N) is 1. The maximum absolute atomic E-state index is 9.32. The van der Waals surface area contributed by atoms with Gasteiger partial charge in [0.25, 0.3) is 0 Å². The molecule has 0 unspecified atom stereocenters. The Morgan fingerprint density at radius 2 is 2.43 bits per heavy atom. The first-order valence-corrected chi connectivity index (χ1v) is 1.30. The lowest BCUT2D eigenvalue weighted by Gasteiger charge is -1.85. The summed E-state index contributed by atoms with van der Waals surface area (Å²) in [5, 5.41) is 18.9. The highest BCUT2D eigenvalue weighted by atomic mass is 16.6. The standard InChI is InChI=1S/CH3N3O3/c2-1(3-5)4(6)7/h5H,(H2,2,3). The summed E-state index contributed by atoms with van der Waals surface area (Å²) < 4.78 is 0. The van der Waals surface area contributed by atoms with Crippen molar-refractivity contribution in [2.75, 3.05) is 0 Å². The third-order valence-corrected chi connectivity index (χ3v) is 0.290. The van der Waals surface area contributed by atoms with E-state index in [2.05, 4.69) is 10.9 Å². The van der Waals surface area contributed by atoms with Crippen LogP contribution in [0.1, 0.15) is 0 Å². The number of hydrogen-bond acceptors (Lipinski definition) is 4. The molecular weight excluding hydrogens is 102 g/mol. The lowest BCUT2D eigenvalue weighted by molar-refractivity contribution is -0.354. The lowest BCUT2D eigenvalue weighted by Crippen LogP contribution is -2.21. The number of oxime groups is 1. The van der Waals surface area contributed by atoms with Gasteiger partial charge in [-0.05, 0) is 4.92 Å². The van der Waals surface area contributed by atoms with Crippen LogP contribution >= 0.6 is 0 Å². The molecule has 0 saturated heterocycles. The number of nitro groups is 1. The molecule has 0 aromatic carbocycles. The average Bonchev–Trinajstić information content (AvgIpc) is 1.65. The molecule has 0 aromatic rings. The molecule has 0 bridgehead atoms. The predicted octanol–water partition coefficient (Wildman–Crippen LogP) is -1.03. The normalized spacial score (nSPS) is 11.1. The van der Waals surface area contributed by atoms with Gasteiger partial charge >= 0.3 is 5.96 Å². The van der Waals surface area contributed by atoms with Gasteiger partial charge in [-0.3, -0.25) is 5.73 Å². The Hall–Kier alpha value is -1.33. The van der Waals surface area contributed by atoms with Crippen molar-refractivity contribution in [2.45, 2.75) is 0 Å². The van der Waals surface area contributed by atoms with Crippen molar-refractivity contribution in [1.29, 1.82) is 0 Å². The Labute approximate surface area is 38.4 Å². The van der Waals surface area contributed by atoms with E-state index in [0.717, 1.165) is 0 Å². The monoisotopic (exact) mass is 105 g/mol. The molecule has 0 radical (unpaired) electrons. The van der Waals surface area contributed by atoms with E-state index < -0.39 is 10.9 Å². The zero-order valence-electron chi connectivity index (χ0n) is 3.24. The van der Waals surface area contributed by atoms with Crippen LogP contribution in [0.2, 0.25) is 0 Å². The number of guanidine groups is 1. The van der Waals surface area contributed by atoms with Gasteiger partial charge in [-0.25, -0.2) is 0 Å². The number of hydrogen-bond donors (Lipinski definition) is 2. The first kappa shape index (κ1) is 5.67. The number of rotatable bonds is 0. The van der Waals surface area contributed by atoms with Crippen molar-refractivity contribution >= 4 is 5.96 Å². The van der Waals surface area contributed by atoms with Crippen LogP contribution in [0.25, 0.3) is 0 Å². The van der Waals surface area contributed by atoms with Crippen LogP contribution in [0.3, 0.4) is 0 Å². The van der Waals surface area contributed by atoms with E-state index in [0.29, 0.717) is 0 Å². The molecule has 0 rings (SSSR count). The quantitative estimate of drug-likeness (QED) is 0.135. The van der Waals surface area contributed by atoms with E-state index in [-0.39, 0.29) is 0 Å². The molecule has 7 heavy (non-hydrogen) atoms. The van der Waals surface area contributed by atoms with Crippen LogP contribution in [0, 0.1) is 10.1 Å². The highest BCUT2D eigenvalue weighted by Crippen LogP contribution is 1.63. The van der Waals surface area contributed by atoms with Crippen LogP contribution in [-0.4, -0.2) is 16.1 Å². The van der Waals surface area contributed by atoms with Gasteiger partial charge in [-0.2, -0.15) is 0 Å². The van der Waals surface area contributed by atoms with E-state index in [1.165, 1.54) is 0 Å². The molecule has 0 atom stereocenters. The molecule has 0 aromatic heterocycles. The van der Waals surface area contributed by atoms with Crippen LogP contribution in [0.4, 0.5) is 0 Å². The van der Waals surface area contributed by atoms with Gasteiger partial charge in [0.1, 0.15) is 5.16 Å². The zero-order valence-corrected chi connectivity index (χ0v) is 3.24. The molecule has 0 saturated carbocycles. The van der Waals surface area contributed by atoms with Gasteiger partial charge in [0.15, 0.2) is 0 Å². The second kappa shape index (κ2) is 1.96. The van der Waals surface area contributed by atoms with Gasteiger partial charge in [0.05, 0.1) is 0 Å². The summed E-state index contributed by atoms with van der Waals surface area (Å²) in [5.74, 6) is -1.000. The van der Waals surface area contributed by atoms with Crippen molar-refractivity contribution in [1.82, 2.24) is 0 Å². The summed E-state index contributed by atoms with van der Waals surface area (Å²) in [6, 6.07) is 0. The summed E-state index contributed by atoms with van der Waals surface area (Å²) in [7, 11) is 0. The second-order valence-electron chi connectivity index (χ2n) is 0.715. The van der Waals surface area contributed by atoms with E-state index in [1.807, 2.05) is 0 Å². The van der Waals surface area contributed by atoms with Crippen molar-refractivity contribution in [2.24, 2.45) is 10.9 Å². The molecule has 0 amide bonds. The predicted molar refractivity (Wildman–Crippen MR) is 20.4 cm³/mol. The Balaban J connectivity index is 3.82. The van der Waals surface area contributed by atoms with Crippen molar-refractivity contribution in [3.8, 4) is 0 Å². The second-order valence-corrected chi connectivity index (χ2v) is 0.715. The van der Waals surface area contributed by atoms with Crippen molar-refractivity contribution in [3.05, 3.63) is 10.1 Å². The first-order valence-electron chi connectivity index (χ1n) is 1.30. The highest BCUT2D eigenvalue weighted by molar-refractivity contribution is 5.68. The van der Waals surface area contributed by atoms with E-state index >= 15 is 0 Å². The summed E-state index contributed by atoms with van der Waals surface area (Å²) in [6.07, 6.45) is 0. The molecular formula is CH3N3O3. The lowest BCUT2D eigenvalue weighted by atomic mass is 11.1. The molecule has 0 spiro atoms. The minimum atomic E-state index is -1.00. The summed E-state index contributed by atoms with van der Waals surface area (Å²) in [4.78, 5) is 8.32. The van der Waals surface area contributed by atoms with Gasteiger partial charge in [0, 0.05) is 0 Å². The first-order chi connectivity index (χ1) is 3.18. The highest BCUT2D eigenvalue weighted by Gasteiger charge is 1.98.